The van der Waals surface area contributed by atoms with Gasteiger partial charge in [-0.3, -0.25) is 14.7 Å². The monoisotopic (exact) mass is 595 g/mol. The Kier molecular flexibility index (Phi) is 9.74. The van der Waals surface area contributed by atoms with Crippen molar-refractivity contribution in [3.63, 3.8) is 0 Å². The summed E-state index contributed by atoms with van der Waals surface area (Å²) in [6.45, 7) is 6.97. The van der Waals surface area contributed by atoms with Gasteiger partial charge < -0.3 is 9.47 Å². The number of aromatic nitrogens is 1. The lowest BCUT2D eigenvalue weighted by Crippen LogP contribution is -2.28. The molecule has 1 aliphatic rings. The van der Waals surface area contributed by atoms with E-state index in [0.717, 1.165) is 27.9 Å². The van der Waals surface area contributed by atoms with E-state index in [2.05, 4.69) is 11.6 Å². The van der Waals surface area contributed by atoms with E-state index >= 15 is 0 Å². The predicted octanol–water partition coefficient (Wildman–Crippen LogP) is 8.25. The van der Waals surface area contributed by atoms with Crippen LogP contribution in [0.2, 0.25) is 5.02 Å². The molecular formula is C34H30ClN3O3S. The lowest BCUT2D eigenvalue weighted by Gasteiger charge is -2.17. The van der Waals surface area contributed by atoms with Gasteiger partial charge in [-0.1, -0.05) is 60.1 Å². The fraction of sp³-hybridized carbons (Fsp3) is 0.147. The third kappa shape index (κ3) is 7.11. The quantitative estimate of drug-likeness (QED) is 0.129. The van der Waals surface area contributed by atoms with Crippen molar-refractivity contribution in [3.05, 3.63) is 136 Å². The smallest absolute Gasteiger partial charge is 0.267 e. The molecule has 8 heteroatoms. The average molecular weight is 596 g/mol. The van der Waals surface area contributed by atoms with Crippen LogP contribution in [0.25, 0.3) is 6.08 Å². The van der Waals surface area contributed by atoms with Gasteiger partial charge in [0.1, 0.15) is 6.61 Å². The predicted molar refractivity (Wildman–Crippen MR) is 171 cm³/mol. The van der Waals surface area contributed by atoms with Crippen LogP contribution >= 0.6 is 23.4 Å². The maximum absolute atomic E-state index is 13.7. The Bertz CT molecular complexity index is 1620. The van der Waals surface area contributed by atoms with Gasteiger partial charge >= 0.3 is 0 Å². The van der Waals surface area contributed by atoms with Crippen LogP contribution in [-0.4, -0.2) is 27.6 Å². The highest BCUT2D eigenvalue weighted by Gasteiger charge is 2.33. The van der Waals surface area contributed by atoms with Crippen molar-refractivity contribution in [3.8, 4) is 11.5 Å². The standard InChI is InChI=1S/C34H30ClN3O3S/c1-3-11-26-18-25(19-30(40-4-2)32(26)41-23-27-13-8-9-16-29(27)35)20-31-33(39)38(22-24-12-10-17-36-21-24)34(42-31)37-28-14-6-5-7-15-28/h3,5-10,12-21H,1,4,11,22-23H2,2H3/b31-20+,37-34?. The zero-order valence-electron chi connectivity index (χ0n) is 23.2. The molecule has 5 rings (SSSR count). The second kappa shape index (κ2) is 14.0. The number of thioether (sulfide) groups is 1. The first-order valence-corrected chi connectivity index (χ1v) is 14.8. The van der Waals surface area contributed by atoms with Crippen molar-refractivity contribution >= 4 is 46.2 Å². The van der Waals surface area contributed by atoms with Crippen LogP contribution in [0.3, 0.4) is 0 Å². The summed E-state index contributed by atoms with van der Waals surface area (Å²) < 4.78 is 12.3. The molecule has 0 bridgehead atoms. The molecule has 3 aromatic carbocycles. The molecule has 0 aliphatic carbocycles. The number of carbonyl (C=O) groups excluding carboxylic acids is 1. The zero-order chi connectivity index (χ0) is 29.3. The molecule has 1 aromatic heterocycles. The first-order valence-electron chi connectivity index (χ1n) is 13.6. The number of pyridine rings is 1. The molecule has 6 nitrogen and oxygen atoms in total. The van der Waals surface area contributed by atoms with Gasteiger partial charge in [0.15, 0.2) is 16.7 Å². The molecule has 0 radical (unpaired) electrons. The number of ether oxygens (including phenoxy) is 2. The minimum atomic E-state index is -0.124. The maximum Gasteiger partial charge on any atom is 0.267 e. The first-order chi connectivity index (χ1) is 20.6. The summed E-state index contributed by atoms with van der Waals surface area (Å²) in [7, 11) is 0. The normalized spacial score (nSPS) is 14.9. The molecule has 0 N–H and O–H groups in total. The van der Waals surface area contributed by atoms with Gasteiger partial charge in [0, 0.05) is 28.5 Å². The first kappa shape index (κ1) is 29.2. The van der Waals surface area contributed by atoms with E-state index in [4.69, 9.17) is 26.1 Å². The summed E-state index contributed by atoms with van der Waals surface area (Å²) in [6.07, 6.45) is 7.73. The Balaban J connectivity index is 1.50. The number of amidine groups is 1. The summed E-state index contributed by atoms with van der Waals surface area (Å²) in [5.74, 6) is 1.10. The summed E-state index contributed by atoms with van der Waals surface area (Å²) in [4.78, 5) is 25.0. The molecule has 2 heterocycles. The van der Waals surface area contributed by atoms with E-state index in [-0.39, 0.29) is 5.91 Å². The van der Waals surface area contributed by atoms with Crippen molar-refractivity contribution in [2.45, 2.75) is 26.5 Å². The molecule has 0 unspecified atom stereocenters. The van der Waals surface area contributed by atoms with E-state index in [1.807, 2.05) is 97.9 Å². The molecule has 0 spiro atoms. The summed E-state index contributed by atoms with van der Waals surface area (Å²) >= 11 is 7.71. The number of amides is 1. The Morgan fingerprint density at radius 1 is 1.02 bits per heavy atom. The van der Waals surface area contributed by atoms with Gasteiger partial charge in [-0.2, -0.15) is 0 Å². The number of rotatable bonds is 11. The third-order valence-corrected chi connectivity index (χ3v) is 7.75. The number of halogens is 1. The minimum absolute atomic E-state index is 0.124. The van der Waals surface area contributed by atoms with E-state index in [9.17, 15) is 4.79 Å². The van der Waals surface area contributed by atoms with E-state index in [1.54, 1.807) is 17.3 Å². The van der Waals surface area contributed by atoms with E-state index < -0.39 is 0 Å². The van der Waals surface area contributed by atoms with Gasteiger partial charge in [-0.05, 0) is 78.7 Å². The Labute approximate surface area is 255 Å². The van der Waals surface area contributed by atoms with Gasteiger partial charge in [-0.25, -0.2) is 4.99 Å². The second-order valence-corrected chi connectivity index (χ2v) is 10.8. The molecular weight excluding hydrogens is 566 g/mol. The number of nitrogens with zero attached hydrogens (tertiary/aromatic N) is 3. The SMILES string of the molecule is C=CCc1cc(/C=C2/SC(=Nc3ccccc3)N(Cc3cccnc3)C2=O)cc(OCC)c1OCc1ccccc1Cl. The number of aliphatic imine (C=N–C) groups is 1. The number of carbonyl (C=O) groups is 1. The van der Waals surface area contributed by atoms with Crippen LogP contribution in [0.5, 0.6) is 11.5 Å². The molecule has 0 atom stereocenters. The third-order valence-electron chi connectivity index (χ3n) is 6.38. The topological polar surface area (TPSA) is 64.0 Å². The summed E-state index contributed by atoms with van der Waals surface area (Å²) in [6, 6.07) is 24.9. The van der Waals surface area contributed by atoms with Crippen molar-refractivity contribution in [2.24, 2.45) is 4.99 Å². The minimum Gasteiger partial charge on any atom is -0.490 e. The van der Waals surface area contributed by atoms with Gasteiger partial charge in [0.25, 0.3) is 5.91 Å². The van der Waals surface area contributed by atoms with E-state index in [0.29, 0.717) is 52.8 Å². The highest BCUT2D eigenvalue weighted by atomic mass is 35.5. The number of para-hydroxylation sites is 1. The van der Waals surface area contributed by atoms with Crippen LogP contribution in [0.1, 0.15) is 29.2 Å². The molecule has 0 saturated carbocycles. The fourth-order valence-electron chi connectivity index (χ4n) is 4.44. The highest BCUT2D eigenvalue weighted by Crippen LogP contribution is 2.39. The van der Waals surface area contributed by atoms with Gasteiger partial charge in [-0.15, -0.1) is 6.58 Å². The fourth-order valence-corrected chi connectivity index (χ4v) is 5.62. The van der Waals surface area contributed by atoms with Crippen molar-refractivity contribution < 1.29 is 14.3 Å². The van der Waals surface area contributed by atoms with Gasteiger partial charge in [0.05, 0.1) is 23.7 Å². The molecule has 1 fully saturated rings. The Morgan fingerprint density at radius 3 is 2.57 bits per heavy atom. The van der Waals surface area contributed by atoms with Crippen LogP contribution in [0, 0.1) is 0 Å². The van der Waals surface area contributed by atoms with Crippen molar-refractivity contribution in [1.82, 2.24) is 9.88 Å². The lowest BCUT2D eigenvalue weighted by molar-refractivity contribution is -0.122. The average Bonchev–Trinajstić information content (AvgIpc) is 3.27. The summed E-state index contributed by atoms with van der Waals surface area (Å²) in [5, 5.41) is 1.25. The number of allylic oxidation sites excluding steroid dienone is 1. The van der Waals surface area contributed by atoms with Gasteiger partial charge in [0.2, 0.25) is 0 Å². The van der Waals surface area contributed by atoms with Crippen LogP contribution in [-0.2, 0) is 24.4 Å². The van der Waals surface area contributed by atoms with Crippen LogP contribution in [0.4, 0.5) is 5.69 Å². The number of hydrogen-bond acceptors (Lipinski definition) is 6. The number of benzene rings is 3. The Hall–Kier alpha value is -4.33. The van der Waals surface area contributed by atoms with Crippen molar-refractivity contribution in [2.75, 3.05) is 6.61 Å². The van der Waals surface area contributed by atoms with E-state index in [1.165, 1.54) is 11.8 Å². The molecule has 1 amide bonds. The molecule has 1 aliphatic heterocycles. The highest BCUT2D eigenvalue weighted by molar-refractivity contribution is 8.18. The van der Waals surface area contributed by atoms with Crippen LogP contribution in [0.15, 0.2) is 114 Å². The zero-order valence-corrected chi connectivity index (χ0v) is 24.8. The Morgan fingerprint density at radius 2 is 1.83 bits per heavy atom. The second-order valence-electron chi connectivity index (χ2n) is 9.41. The molecule has 212 valence electrons. The van der Waals surface area contributed by atoms with Crippen LogP contribution < -0.4 is 9.47 Å². The lowest BCUT2D eigenvalue weighted by atomic mass is 10.0. The maximum atomic E-state index is 13.7. The summed E-state index contributed by atoms with van der Waals surface area (Å²) in [5.41, 5.74) is 4.29. The van der Waals surface area contributed by atoms with Crippen molar-refractivity contribution in [1.29, 1.82) is 0 Å². The molecule has 4 aromatic rings. The molecule has 42 heavy (non-hydrogen) atoms. The largest absolute Gasteiger partial charge is 0.490 e. The molecule has 1 saturated heterocycles. The number of hydrogen-bond donors (Lipinski definition) is 0.